The normalized spacial score (nSPS) is 30.6. The molecule has 1 saturated carbocycles. The van der Waals surface area contributed by atoms with Gasteiger partial charge in [0.2, 0.25) is 0 Å². The zero-order valence-corrected chi connectivity index (χ0v) is 10.00. The minimum atomic E-state index is 0.454. The molecule has 0 radical (unpaired) electrons. The monoisotopic (exact) mass is 198 g/mol. The Morgan fingerprint density at radius 2 is 2.00 bits per heavy atom. The first-order valence-electron chi connectivity index (χ1n) is 6.11. The Balaban J connectivity index is 2.34. The van der Waals surface area contributed by atoms with Crippen LogP contribution < -0.4 is 5.73 Å². The highest BCUT2D eigenvalue weighted by Gasteiger charge is 2.23. The van der Waals surface area contributed by atoms with Crippen LogP contribution in [-0.2, 0) is 0 Å². The van der Waals surface area contributed by atoms with Crippen LogP contribution in [-0.4, -0.2) is 30.6 Å². The number of hydrogen-bond acceptors (Lipinski definition) is 2. The van der Waals surface area contributed by atoms with Crippen LogP contribution in [0.5, 0.6) is 0 Å². The van der Waals surface area contributed by atoms with Gasteiger partial charge in [-0.3, -0.25) is 0 Å². The number of nitrogens with zero attached hydrogens (tertiary/aromatic N) is 1. The molecular formula is C12H26N2. The molecule has 0 spiro atoms. The van der Waals surface area contributed by atoms with E-state index in [0.29, 0.717) is 12.1 Å². The van der Waals surface area contributed by atoms with Gasteiger partial charge in [-0.05, 0) is 39.2 Å². The summed E-state index contributed by atoms with van der Waals surface area (Å²) < 4.78 is 0. The Hall–Kier alpha value is -0.0800. The van der Waals surface area contributed by atoms with E-state index < -0.39 is 0 Å². The van der Waals surface area contributed by atoms with E-state index >= 15 is 0 Å². The van der Waals surface area contributed by atoms with Crippen molar-refractivity contribution >= 4 is 0 Å². The summed E-state index contributed by atoms with van der Waals surface area (Å²) in [7, 11) is 2.23. The van der Waals surface area contributed by atoms with Gasteiger partial charge < -0.3 is 10.6 Å². The second-order valence-electron chi connectivity index (χ2n) is 4.91. The van der Waals surface area contributed by atoms with Crippen molar-refractivity contribution in [2.24, 2.45) is 11.7 Å². The largest absolute Gasteiger partial charge is 0.327 e. The molecule has 0 aliphatic heterocycles. The summed E-state index contributed by atoms with van der Waals surface area (Å²) >= 11 is 0. The van der Waals surface area contributed by atoms with E-state index in [0.717, 1.165) is 5.92 Å². The van der Waals surface area contributed by atoms with Crippen molar-refractivity contribution < 1.29 is 0 Å². The van der Waals surface area contributed by atoms with E-state index in [1.54, 1.807) is 0 Å². The fourth-order valence-electron chi connectivity index (χ4n) is 2.32. The van der Waals surface area contributed by atoms with Crippen LogP contribution in [0.4, 0.5) is 0 Å². The first-order chi connectivity index (χ1) is 6.65. The van der Waals surface area contributed by atoms with Gasteiger partial charge in [-0.1, -0.05) is 19.8 Å². The Bertz CT molecular complexity index is 158. The van der Waals surface area contributed by atoms with Crippen LogP contribution in [0.25, 0.3) is 0 Å². The molecule has 3 atom stereocenters. The van der Waals surface area contributed by atoms with E-state index in [1.807, 2.05) is 0 Å². The Morgan fingerprint density at radius 1 is 1.36 bits per heavy atom. The van der Waals surface area contributed by atoms with Gasteiger partial charge in [0, 0.05) is 18.6 Å². The molecule has 1 rings (SSSR count). The van der Waals surface area contributed by atoms with Gasteiger partial charge in [0.05, 0.1) is 0 Å². The molecule has 0 amide bonds. The molecule has 3 unspecified atom stereocenters. The van der Waals surface area contributed by atoms with Gasteiger partial charge >= 0.3 is 0 Å². The van der Waals surface area contributed by atoms with Crippen molar-refractivity contribution in [2.75, 3.05) is 13.6 Å². The average molecular weight is 198 g/mol. The SMILES string of the molecule is CCC(C)N(C)CC1CCCCC1N. The second-order valence-corrected chi connectivity index (χ2v) is 4.91. The van der Waals surface area contributed by atoms with Crippen molar-refractivity contribution in [3.8, 4) is 0 Å². The zero-order chi connectivity index (χ0) is 10.6. The molecule has 14 heavy (non-hydrogen) atoms. The third kappa shape index (κ3) is 3.25. The second kappa shape index (κ2) is 5.72. The molecule has 2 nitrogen and oxygen atoms in total. The van der Waals surface area contributed by atoms with Crippen LogP contribution in [0.3, 0.4) is 0 Å². The summed E-state index contributed by atoms with van der Waals surface area (Å²) in [5.74, 6) is 0.739. The smallest absolute Gasteiger partial charge is 0.00793 e. The predicted molar refractivity (Wildman–Crippen MR) is 62.3 cm³/mol. The highest BCUT2D eigenvalue weighted by molar-refractivity contribution is 4.80. The van der Waals surface area contributed by atoms with Crippen LogP contribution in [0, 0.1) is 5.92 Å². The standard InChI is InChI=1S/C12H26N2/c1-4-10(2)14(3)9-11-7-5-6-8-12(11)13/h10-12H,4-9,13H2,1-3H3. The maximum Gasteiger partial charge on any atom is 0.00793 e. The fourth-order valence-corrected chi connectivity index (χ4v) is 2.32. The predicted octanol–water partition coefficient (Wildman–Crippen LogP) is 2.23. The van der Waals surface area contributed by atoms with Gasteiger partial charge in [-0.15, -0.1) is 0 Å². The van der Waals surface area contributed by atoms with Crippen molar-refractivity contribution in [1.82, 2.24) is 4.90 Å². The first-order valence-corrected chi connectivity index (χ1v) is 6.11. The fraction of sp³-hybridized carbons (Fsp3) is 1.00. The van der Waals surface area contributed by atoms with Crippen molar-refractivity contribution in [3.63, 3.8) is 0 Å². The lowest BCUT2D eigenvalue weighted by Gasteiger charge is -2.34. The lowest BCUT2D eigenvalue weighted by Crippen LogP contribution is -2.42. The van der Waals surface area contributed by atoms with Crippen LogP contribution in [0.15, 0.2) is 0 Å². The van der Waals surface area contributed by atoms with Gasteiger partial charge in [0.1, 0.15) is 0 Å². The summed E-state index contributed by atoms with van der Waals surface area (Å²) in [4.78, 5) is 2.47. The number of nitrogens with two attached hydrogens (primary N) is 1. The minimum Gasteiger partial charge on any atom is -0.327 e. The van der Waals surface area contributed by atoms with Crippen molar-refractivity contribution in [3.05, 3.63) is 0 Å². The van der Waals surface area contributed by atoms with Gasteiger partial charge in [0.15, 0.2) is 0 Å². The summed E-state index contributed by atoms with van der Waals surface area (Å²) in [6, 6.07) is 1.15. The quantitative estimate of drug-likeness (QED) is 0.750. The molecule has 2 heteroatoms. The molecule has 2 N–H and O–H groups in total. The van der Waals surface area contributed by atoms with Gasteiger partial charge in [-0.2, -0.15) is 0 Å². The molecule has 0 aromatic heterocycles. The van der Waals surface area contributed by atoms with Crippen LogP contribution in [0.2, 0.25) is 0 Å². The number of rotatable bonds is 4. The van der Waals surface area contributed by atoms with Gasteiger partial charge in [0.25, 0.3) is 0 Å². The summed E-state index contributed by atoms with van der Waals surface area (Å²) in [6.45, 7) is 5.74. The maximum atomic E-state index is 6.14. The van der Waals surface area contributed by atoms with E-state index in [4.69, 9.17) is 5.73 Å². The zero-order valence-electron chi connectivity index (χ0n) is 10.00. The highest BCUT2D eigenvalue weighted by Crippen LogP contribution is 2.24. The molecule has 1 aliphatic carbocycles. The van der Waals surface area contributed by atoms with E-state index in [1.165, 1.54) is 38.6 Å². The lowest BCUT2D eigenvalue weighted by atomic mass is 9.84. The minimum absolute atomic E-state index is 0.454. The first kappa shape index (κ1) is 12.0. The summed E-state index contributed by atoms with van der Waals surface area (Å²) in [6.07, 6.45) is 6.52. The maximum absolute atomic E-state index is 6.14. The molecule has 0 aromatic rings. The van der Waals surface area contributed by atoms with Crippen molar-refractivity contribution in [1.29, 1.82) is 0 Å². The van der Waals surface area contributed by atoms with E-state index in [2.05, 4.69) is 25.8 Å². The molecule has 1 aliphatic rings. The topological polar surface area (TPSA) is 29.3 Å². The van der Waals surface area contributed by atoms with Crippen LogP contribution in [0.1, 0.15) is 46.0 Å². The number of hydrogen-bond donors (Lipinski definition) is 1. The lowest BCUT2D eigenvalue weighted by molar-refractivity contribution is 0.173. The molecule has 1 fully saturated rings. The Morgan fingerprint density at radius 3 is 2.57 bits per heavy atom. The molecule has 84 valence electrons. The van der Waals surface area contributed by atoms with Crippen LogP contribution >= 0.6 is 0 Å². The third-order valence-electron chi connectivity index (χ3n) is 3.83. The summed E-state index contributed by atoms with van der Waals surface area (Å²) in [5.41, 5.74) is 6.14. The van der Waals surface area contributed by atoms with Crippen molar-refractivity contribution in [2.45, 2.75) is 58.0 Å². The van der Waals surface area contributed by atoms with Gasteiger partial charge in [-0.25, -0.2) is 0 Å². The third-order valence-corrected chi connectivity index (χ3v) is 3.83. The molecule has 0 saturated heterocycles. The molecular weight excluding hydrogens is 172 g/mol. The Kier molecular flexibility index (Phi) is 4.90. The summed E-state index contributed by atoms with van der Waals surface area (Å²) in [5, 5.41) is 0. The average Bonchev–Trinajstić information content (AvgIpc) is 2.20. The molecule has 0 heterocycles. The molecule has 0 aromatic carbocycles. The Labute approximate surface area is 88.8 Å². The van der Waals surface area contributed by atoms with E-state index in [9.17, 15) is 0 Å². The van der Waals surface area contributed by atoms with E-state index in [-0.39, 0.29) is 0 Å². The highest BCUT2D eigenvalue weighted by atomic mass is 15.1. The molecule has 0 bridgehead atoms.